The quantitative estimate of drug-likeness (QED) is 0.795. The minimum absolute atomic E-state index is 0.00148. The van der Waals surface area contributed by atoms with E-state index in [1.54, 1.807) is 6.07 Å². The number of anilines is 1. The maximum Gasteiger partial charge on any atom is 0.225 e. The minimum Gasteiger partial charge on any atom is -0.330 e. The molecule has 0 aliphatic heterocycles. The van der Waals surface area contributed by atoms with Gasteiger partial charge in [0.2, 0.25) is 5.91 Å². The van der Waals surface area contributed by atoms with Gasteiger partial charge in [0.1, 0.15) is 5.82 Å². The maximum atomic E-state index is 11.6. The summed E-state index contributed by atoms with van der Waals surface area (Å²) >= 11 is 0. The average Bonchev–Trinajstić information content (AvgIpc) is 2.26. The van der Waals surface area contributed by atoms with Gasteiger partial charge in [0.15, 0.2) is 0 Å². The fourth-order valence-electron chi connectivity index (χ4n) is 1.31. The molecule has 1 amide bonds. The third-order valence-corrected chi connectivity index (χ3v) is 2.42. The molecule has 1 atom stereocenters. The van der Waals surface area contributed by atoms with Gasteiger partial charge in [-0.2, -0.15) is 0 Å². The molecule has 0 aliphatic carbocycles. The van der Waals surface area contributed by atoms with Crippen molar-refractivity contribution < 1.29 is 4.79 Å². The van der Waals surface area contributed by atoms with E-state index in [1.807, 2.05) is 26.0 Å². The van der Waals surface area contributed by atoms with E-state index in [0.29, 0.717) is 24.7 Å². The van der Waals surface area contributed by atoms with Crippen LogP contribution in [0.15, 0.2) is 18.2 Å². The van der Waals surface area contributed by atoms with E-state index in [0.717, 1.165) is 12.1 Å². The van der Waals surface area contributed by atoms with E-state index in [2.05, 4.69) is 10.3 Å². The molecule has 1 heterocycles. The summed E-state index contributed by atoms with van der Waals surface area (Å²) in [7, 11) is 0. The standard InChI is InChI=1S/C12H19N3O/c1-9(8-13)6-7-12(16)15-11-5-3-4-10(2)14-11/h3-5,9H,6-8,13H2,1-2H3,(H,14,15,16). The third kappa shape index (κ3) is 4.40. The molecule has 0 spiro atoms. The van der Waals surface area contributed by atoms with Crippen molar-refractivity contribution in [2.75, 3.05) is 11.9 Å². The van der Waals surface area contributed by atoms with Crippen LogP contribution < -0.4 is 11.1 Å². The topological polar surface area (TPSA) is 68.0 Å². The Balaban J connectivity index is 2.40. The van der Waals surface area contributed by atoms with Crippen LogP contribution in [0.1, 0.15) is 25.5 Å². The molecule has 0 saturated carbocycles. The van der Waals surface area contributed by atoms with Crippen molar-refractivity contribution in [3.05, 3.63) is 23.9 Å². The number of aryl methyl sites for hydroxylation is 1. The zero-order valence-corrected chi connectivity index (χ0v) is 9.86. The lowest BCUT2D eigenvalue weighted by atomic mass is 10.1. The second-order valence-electron chi connectivity index (χ2n) is 4.09. The molecule has 0 bridgehead atoms. The van der Waals surface area contributed by atoms with Crippen LogP contribution in [0.25, 0.3) is 0 Å². The largest absolute Gasteiger partial charge is 0.330 e. The summed E-state index contributed by atoms with van der Waals surface area (Å²) in [5.74, 6) is 1.00. The van der Waals surface area contributed by atoms with Gasteiger partial charge in [0.25, 0.3) is 0 Å². The predicted molar refractivity (Wildman–Crippen MR) is 65.1 cm³/mol. The molecule has 0 fully saturated rings. The summed E-state index contributed by atoms with van der Waals surface area (Å²) in [5.41, 5.74) is 6.38. The molecule has 4 nitrogen and oxygen atoms in total. The molecule has 0 aromatic carbocycles. The Hall–Kier alpha value is -1.42. The first-order chi connectivity index (χ1) is 7.61. The van der Waals surface area contributed by atoms with Crippen LogP contribution in [0, 0.1) is 12.8 Å². The number of carbonyl (C=O) groups excluding carboxylic acids is 1. The molecule has 1 unspecified atom stereocenters. The summed E-state index contributed by atoms with van der Waals surface area (Å²) in [4.78, 5) is 15.8. The molecule has 1 aromatic rings. The number of carbonyl (C=O) groups is 1. The SMILES string of the molecule is Cc1cccc(NC(=O)CCC(C)CN)n1. The number of aromatic nitrogens is 1. The van der Waals surface area contributed by atoms with Crippen LogP contribution >= 0.6 is 0 Å². The number of rotatable bonds is 5. The van der Waals surface area contributed by atoms with Crippen LogP contribution in [-0.2, 0) is 4.79 Å². The number of nitrogens with zero attached hydrogens (tertiary/aromatic N) is 1. The Labute approximate surface area is 96.3 Å². The smallest absolute Gasteiger partial charge is 0.225 e. The highest BCUT2D eigenvalue weighted by atomic mass is 16.1. The average molecular weight is 221 g/mol. The number of pyridine rings is 1. The number of nitrogens with two attached hydrogens (primary N) is 1. The Bertz CT molecular complexity index is 352. The van der Waals surface area contributed by atoms with Crippen LogP contribution in [0.3, 0.4) is 0 Å². The Morgan fingerprint density at radius 3 is 2.94 bits per heavy atom. The highest BCUT2D eigenvalue weighted by Crippen LogP contribution is 2.07. The third-order valence-electron chi connectivity index (χ3n) is 2.42. The van der Waals surface area contributed by atoms with E-state index < -0.39 is 0 Å². The van der Waals surface area contributed by atoms with Gasteiger partial charge in [-0.05, 0) is 37.9 Å². The summed E-state index contributed by atoms with van der Waals surface area (Å²) < 4.78 is 0. The van der Waals surface area contributed by atoms with Gasteiger partial charge in [-0.15, -0.1) is 0 Å². The Morgan fingerprint density at radius 1 is 1.56 bits per heavy atom. The lowest BCUT2D eigenvalue weighted by Gasteiger charge is -2.08. The van der Waals surface area contributed by atoms with Gasteiger partial charge < -0.3 is 11.1 Å². The zero-order valence-electron chi connectivity index (χ0n) is 9.86. The minimum atomic E-state index is -0.00148. The van der Waals surface area contributed by atoms with Gasteiger partial charge in [-0.25, -0.2) is 4.98 Å². The van der Waals surface area contributed by atoms with Gasteiger partial charge in [-0.1, -0.05) is 13.0 Å². The van der Waals surface area contributed by atoms with E-state index in [4.69, 9.17) is 5.73 Å². The normalized spacial score (nSPS) is 12.2. The molecule has 88 valence electrons. The molecular formula is C12H19N3O. The fourth-order valence-corrected chi connectivity index (χ4v) is 1.31. The molecule has 0 saturated heterocycles. The molecule has 3 N–H and O–H groups in total. The Morgan fingerprint density at radius 2 is 2.31 bits per heavy atom. The zero-order chi connectivity index (χ0) is 12.0. The van der Waals surface area contributed by atoms with Crippen molar-refractivity contribution in [2.45, 2.75) is 26.7 Å². The van der Waals surface area contributed by atoms with Crippen molar-refractivity contribution in [3.8, 4) is 0 Å². The molecular weight excluding hydrogens is 202 g/mol. The number of hydrogen-bond acceptors (Lipinski definition) is 3. The van der Waals surface area contributed by atoms with Gasteiger partial charge >= 0.3 is 0 Å². The lowest BCUT2D eigenvalue weighted by molar-refractivity contribution is -0.116. The van der Waals surface area contributed by atoms with Gasteiger partial charge in [-0.3, -0.25) is 4.79 Å². The van der Waals surface area contributed by atoms with Crippen LogP contribution in [0.4, 0.5) is 5.82 Å². The van der Waals surface area contributed by atoms with Gasteiger partial charge in [0, 0.05) is 12.1 Å². The lowest BCUT2D eigenvalue weighted by Crippen LogP contribution is -2.16. The number of amides is 1. The summed E-state index contributed by atoms with van der Waals surface area (Å²) in [5, 5.41) is 2.77. The van der Waals surface area contributed by atoms with E-state index >= 15 is 0 Å². The van der Waals surface area contributed by atoms with Crippen LogP contribution in [0.2, 0.25) is 0 Å². The van der Waals surface area contributed by atoms with Crippen LogP contribution in [0.5, 0.6) is 0 Å². The first-order valence-electron chi connectivity index (χ1n) is 5.55. The van der Waals surface area contributed by atoms with E-state index in [-0.39, 0.29) is 5.91 Å². The summed E-state index contributed by atoms with van der Waals surface area (Å²) in [6.07, 6.45) is 1.31. The number of hydrogen-bond donors (Lipinski definition) is 2. The van der Waals surface area contributed by atoms with Crippen molar-refractivity contribution in [1.29, 1.82) is 0 Å². The maximum absolute atomic E-state index is 11.6. The van der Waals surface area contributed by atoms with Crippen molar-refractivity contribution in [2.24, 2.45) is 11.7 Å². The van der Waals surface area contributed by atoms with Crippen molar-refractivity contribution in [1.82, 2.24) is 4.98 Å². The van der Waals surface area contributed by atoms with Crippen molar-refractivity contribution >= 4 is 11.7 Å². The molecule has 4 heteroatoms. The second-order valence-corrected chi connectivity index (χ2v) is 4.09. The van der Waals surface area contributed by atoms with Crippen LogP contribution in [-0.4, -0.2) is 17.4 Å². The number of nitrogens with one attached hydrogen (secondary N) is 1. The molecule has 0 radical (unpaired) electrons. The predicted octanol–water partition coefficient (Wildman–Crippen LogP) is 1.70. The summed E-state index contributed by atoms with van der Waals surface area (Å²) in [6.45, 7) is 4.56. The fraction of sp³-hybridized carbons (Fsp3) is 0.500. The summed E-state index contributed by atoms with van der Waals surface area (Å²) in [6, 6.07) is 5.56. The first-order valence-corrected chi connectivity index (χ1v) is 5.55. The second kappa shape index (κ2) is 6.23. The van der Waals surface area contributed by atoms with Gasteiger partial charge in [0.05, 0.1) is 0 Å². The highest BCUT2D eigenvalue weighted by Gasteiger charge is 2.06. The Kier molecular flexibility index (Phi) is 4.92. The first kappa shape index (κ1) is 12.6. The molecule has 16 heavy (non-hydrogen) atoms. The highest BCUT2D eigenvalue weighted by molar-refractivity contribution is 5.89. The molecule has 0 aliphatic rings. The van der Waals surface area contributed by atoms with E-state index in [9.17, 15) is 4.79 Å². The molecule has 1 rings (SSSR count). The van der Waals surface area contributed by atoms with E-state index in [1.165, 1.54) is 0 Å². The van der Waals surface area contributed by atoms with Crippen molar-refractivity contribution in [3.63, 3.8) is 0 Å². The molecule has 1 aromatic heterocycles. The monoisotopic (exact) mass is 221 g/mol.